The van der Waals surface area contributed by atoms with Crippen LogP contribution >= 0.6 is 11.6 Å². The molecule has 0 aliphatic rings. The lowest BCUT2D eigenvalue weighted by molar-refractivity contribution is -0.384. The molecule has 6 heteroatoms. The van der Waals surface area contributed by atoms with Gasteiger partial charge in [0, 0.05) is 23.2 Å². The Bertz CT molecular complexity index is 617. The first kappa shape index (κ1) is 13.3. The van der Waals surface area contributed by atoms with Gasteiger partial charge in [-0.05, 0) is 25.1 Å². The van der Waals surface area contributed by atoms with Crippen molar-refractivity contribution in [2.24, 2.45) is 0 Å². The fourth-order valence-electron chi connectivity index (χ4n) is 1.73. The van der Waals surface area contributed by atoms with Gasteiger partial charge in [-0.15, -0.1) is 0 Å². The third kappa shape index (κ3) is 3.00. The van der Waals surface area contributed by atoms with E-state index in [9.17, 15) is 10.1 Å². The van der Waals surface area contributed by atoms with E-state index in [0.29, 0.717) is 28.6 Å². The van der Waals surface area contributed by atoms with Gasteiger partial charge in [-0.1, -0.05) is 23.7 Å². The summed E-state index contributed by atoms with van der Waals surface area (Å²) in [5, 5.41) is 14.6. The van der Waals surface area contributed by atoms with Crippen LogP contribution in [0.2, 0.25) is 5.02 Å². The SMILES string of the molecule is CCNc1ccc([N+](=O)[O-])c(-c2cccc(Cl)c2)n1. The summed E-state index contributed by atoms with van der Waals surface area (Å²) in [7, 11) is 0. The van der Waals surface area contributed by atoms with E-state index in [2.05, 4.69) is 10.3 Å². The van der Waals surface area contributed by atoms with Crippen LogP contribution in [0.5, 0.6) is 0 Å². The number of nitrogens with one attached hydrogen (secondary N) is 1. The van der Waals surface area contributed by atoms with Gasteiger partial charge in [0.05, 0.1) is 4.92 Å². The minimum atomic E-state index is -0.445. The molecule has 1 aromatic heterocycles. The molecule has 0 atom stereocenters. The zero-order valence-electron chi connectivity index (χ0n) is 10.3. The highest BCUT2D eigenvalue weighted by molar-refractivity contribution is 6.30. The van der Waals surface area contributed by atoms with Crippen LogP contribution in [0.15, 0.2) is 36.4 Å². The number of hydrogen-bond donors (Lipinski definition) is 1. The molecule has 0 fully saturated rings. The molecule has 0 radical (unpaired) electrons. The largest absolute Gasteiger partial charge is 0.370 e. The molecule has 0 bridgehead atoms. The number of hydrogen-bond acceptors (Lipinski definition) is 4. The van der Waals surface area contributed by atoms with Gasteiger partial charge in [0.1, 0.15) is 5.82 Å². The predicted octanol–water partition coefficient (Wildman–Crippen LogP) is 3.74. The average molecular weight is 278 g/mol. The molecule has 0 aliphatic carbocycles. The number of aromatic nitrogens is 1. The van der Waals surface area contributed by atoms with Crippen LogP contribution < -0.4 is 5.32 Å². The van der Waals surface area contributed by atoms with Crippen molar-refractivity contribution in [3.8, 4) is 11.3 Å². The monoisotopic (exact) mass is 277 g/mol. The van der Waals surface area contributed by atoms with Crippen molar-refractivity contribution in [3.63, 3.8) is 0 Å². The summed E-state index contributed by atoms with van der Waals surface area (Å²) in [5.74, 6) is 0.600. The third-order valence-electron chi connectivity index (χ3n) is 2.53. The summed E-state index contributed by atoms with van der Waals surface area (Å²) in [6.45, 7) is 2.63. The molecule has 0 saturated carbocycles. The maximum Gasteiger partial charge on any atom is 0.295 e. The summed E-state index contributed by atoms with van der Waals surface area (Å²) in [4.78, 5) is 14.9. The van der Waals surface area contributed by atoms with Crippen molar-refractivity contribution >= 4 is 23.1 Å². The van der Waals surface area contributed by atoms with E-state index in [1.54, 1.807) is 30.3 Å². The first-order valence-corrected chi connectivity index (χ1v) is 6.15. The average Bonchev–Trinajstić information content (AvgIpc) is 2.39. The Hall–Kier alpha value is -2.14. The molecule has 1 aromatic carbocycles. The van der Waals surface area contributed by atoms with Crippen molar-refractivity contribution in [3.05, 3.63) is 51.5 Å². The Labute approximate surface area is 115 Å². The standard InChI is InChI=1S/C13H12ClN3O2/c1-2-15-12-7-6-11(17(18)19)13(16-12)9-4-3-5-10(14)8-9/h3-8H,2H2,1H3,(H,15,16). The van der Waals surface area contributed by atoms with Crippen LogP contribution in [0.1, 0.15) is 6.92 Å². The Balaban J connectivity index is 2.57. The van der Waals surface area contributed by atoms with Gasteiger partial charge in [-0.2, -0.15) is 0 Å². The second-order valence-corrected chi connectivity index (χ2v) is 4.30. The van der Waals surface area contributed by atoms with Gasteiger partial charge in [-0.25, -0.2) is 4.98 Å². The zero-order valence-corrected chi connectivity index (χ0v) is 11.0. The van der Waals surface area contributed by atoms with Crippen molar-refractivity contribution in [1.29, 1.82) is 0 Å². The van der Waals surface area contributed by atoms with Crippen LogP contribution in [-0.4, -0.2) is 16.5 Å². The molecule has 0 amide bonds. The van der Waals surface area contributed by atoms with Crippen LogP contribution in [0.4, 0.5) is 11.5 Å². The van der Waals surface area contributed by atoms with Crippen LogP contribution in [0.25, 0.3) is 11.3 Å². The summed E-state index contributed by atoms with van der Waals surface area (Å²) in [5.41, 5.74) is 0.897. The number of pyridine rings is 1. The second-order valence-electron chi connectivity index (χ2n) is 3.86. The molecule has 1 N–H and O–H groups in total. The maximum atomic E-state index is 11.1. The molecular weight excluding hydrogens is 266 g/mol. The molecule has 0 spiro atoms. The number of nitrogens with zero attached hydrogens (tertiary/aromatic N) is 2. The zero-order chi connectivity index (χ0) is 13.8. The van der Waals surface area contributed by atoms with E-state index >= 15 is 0 Å². The number of nitro groups is 1. The van der Waals surface area contributed by atoms with E-state index in [0.717, 1.165) is 0 Å². The smallest absolute Gasteiger partial charge is 0.295 e. The van der Waals surface area contributed by atoms with E-state index in [1.165, 1.54) is 6.07 Å². The van der Waals surface area contributed by atoms with Gasteiger partial charge in [-0.3, -0.25) is 10.1 Å². The second kappa shape index (κ2) is 5.67. The van der Waals surface area contributed by atoms with Crippen molar-refractivity contribution in [2.75, 3.05) is 11.9 Å². The number of benzene rings is 1. The predicted molar refractivity (Wildman–Crippen MR) is 75.5 cm³/mol. The minimum Gasteiger partial charge on any atom is -0.370 e. The molecule has 98 valence electrons. The van der Waals surface area contributed by atoms with Gasteiger partial charge < -0.3 is 5.32 Å². The topological polar surface area (TPSA) is 68.1 Å². The first-order valence-electron chi connectivity index (χ1n) is 5.77. The Morgan fingerprint density at radius 1 is 1.37 bits per heavy atom. The molecular formula is C13H12ClN3O2. The number of rotatable bonds is 4. The van der Waals surface area contributed by atoms with Crippen molar-refractivity contribution < 1.29 is 4.92 Å². The van der Waals surface area contributed by atoms with Gasteiger partial charge in [0.25, 0.3) is 5.69 Å². The first-order chi connectivity index (χ1) is 9.11. The summed E-state index contributed by atoms with van der Waals surface area (Å²) in [6.07, 6.45) is 0. The van der Waals surface area contributed by atoms with Gasteiger partial charge >= 0.3 is 0 Å². The Morgan fingerprint density at radius 2 is 2.16 bits per heavy atom. The molecule has 1 heterocycles. The summed E-state index contributed by atoms with van der Waals surface area (Å²) >= 11 is 5.91. The van der Waals surface area contributed by atoms with E-state index < -0.39 is 4.92 Å². The lowest BCUT2D eigenvalue weighted by atomic mass is 10.1. The highest BCUT2D eigenvalue weighted by Gasteiger charge is 2.17. The van der Waals surface area contributed by atoms with Crippen LogP contribution in [0, 0.1) is 10.1 Å². The van der Waals surface area contributed by atoms with Crippen molar-refractivity contribution in [1.82, 2.24) is 4.98 Å². The molecule has 0 unspecified atom stereocenters. The van der Waals surface area contributed by atoms with E-state index in [4.69, 9.17) is 11.6 Å². The highest BCUT2D eigenvalue weighted by Crippen LogP contribution is 2.30. The molecule has 2 rings (SSSR count). The van der Waals surface area contributed by atoms with Crippen LogP contribution in [-0.2, 0) is 0 Å². The van der Waals surface area contributed by atoms with Crippen LogP contribution in [0.3, 0.4) is 0 Å². The lowest BCUT2D eigenvalue weighted by Gasteiger charge is -2.07. The molecule has 0 aliphatic heterocycles. The lowest BCUT2D eigenvalue weighted by Crippen LogP contribution is -2.02. The van der Waals surface area contributed by atoms with Gasteiger partial charge in [0.2, 0.25) is 0 Å². The minimum absolute atomic E-state index is 0.0380. The van der Waals surface area contributed by atoms with E-state index in [1.807, 2.05) is 6.92 Å². The molecule has 2 aromatic rings. The van der Waals surface area contributed by atoms with E-state index in [-0.39, 0.29) is 5.69 Å². The summed E-state index contributed by atoms with van der Waals surface area (Å²) in [6, 6.07) is 9.90. The van der Waals surface area contributed by atoms with Gasteiger partial charge in [0.15, 0.2) is 5.69 Å². The Kier molecular flexibility index (Phi) is 3.97. The summed E-state index contributed by atoms with van der Waals surface area (Å²) < 4.78 is 0. The molecule has 5 nitrogen and oxygen atoms in total. The molecule has 19 heavy (non-hydrogen) atoms. The fraction of sp³-hybridized carbons (Fsp3) is 0.154. The number of halogens is 1. The third-order valence-corrected chi connectivity index (χ3v) is 2.76. The quantitative estimate of drug-likeness (QED) is 0.683. The highest BCUT2D eigenvalue weighted by atomic mass is 35.5. The fourth-order valence-corrected chi connectivity index (χ4v) is 1.92. The maximum absolute atomic E-state index is 11.1. The normalized spacial score (nSPS) is 10.2. The molecule has 0 saturated heterocycles. The number of anilines is 1. The van der Waals surface area contributed by atoms with Crippen molar-refractivity contribution in [2.45, 2.75) is 6.92 Å². The Morgan fingerprint density at radius 3 is 2.79 bits per heavy atom.